The number of rotatable bonds is 2. The van der Waals surface area contributed by atoms with Crippen molar-refractivity contribution in [2.24, 2.45) is 5.92 Å². The third-order valence-corrected chi connectivity index (χ3v) is 4.60. The Bertz CT molecular complexity index is 429. The Hall–Kier alpha value is -1.29. The average Bonchev–Trinajstić information content (AvgIpc) is 3.10. The van der Waals surface area contributed by atoms with Gasteiger partial charge in [0, 0.05) is 18.5 Å². The largest absolute Gasteiger partial charge is 0.472 e. The Kier molecular flexibility index (Phi) is 3.60. The van der Waals surface area contributed by atoms with Gasteiger partial charge in [-0.1, -0.05) is 12.8 Å². The molecule has 1 aromatic heterocycles. The van der Waals surface area contributed by atoms with Crippen molar-refractivity contribution in [1.82, 2.24) is 4.90 Å². The lowest BCUT2D eigenvalue weighted by Crippen LogP contribution is -2.45. The Labute approximate surface area is 113 Å². The minimum Gasteiger partial charge on any atom is -0.472 e. The zero-order valence-corrected chi connectivity index (χ0v) is 11.1. The molecule has 1 saturated heterocycles. The van der Waals surface area contributed by atoms with E-state index in [4.69, 9.17) is 4.42 Å². The lowest BCUT2D eigenvalue weighted by atomic mass is 9.80. The van der Waals surface area contributed by atoms with Crippen LogP contribution in [-0.2, 0) is 0 Å². The lowest BCUT2D eigenvalue weighted by Gasteiger charge is -2.37. The van der Waals surface area contributed by atoms with E-state index in [0.29, 0.717) is 5.56 Å². The first kappa shape index (κ1) is 12.7. The molecule has 2 aliphatic rings. The first-order valence-electron chi connectivity index (χ1n) is 7.28. The number of aliphatic hydroxyl groups excluding tert-OH is 1. The summed E-state index contributed by atoms with van der Waals surface area (Å²) in [5, 5.41) is 10.2. The molecule has 3 rings (SSSR count). The predicted octanol–water partition coefficient (Wildman–Crippen LogP) is 2.44. The van der Waals surface area contributed by atoms with E-state index >= 15 is 0 Å². The van der Waals surface area contributed by atoms with Crippen LogP contribution in [0.15, 0.2) is 23.0 Å². The number of likely N-dealkylation sites (tertiary alicyclic amines) is 1. The summed E-state index contributed by atoms with van der Waals surface area (Å²) in [4.78, 5) is 14.4. The van der Waals surface area contributed by atoms with Crippen LogP contribution in [0.3, 0.4) is 0 Å². The van der Waals surface area contributed by atoms with E-state index in [2.05, 4.69) is 0 Å². The molecule has 19 heavy (non-hydrogen) atoms. The molecule has 1 aliphatic carbocycles. The quantitative estimate of drug-likeness (QED) is 0.891. The standard InChI is InChI=1S/C15H21NO3/c17-14-6-2-1-4-12(14)13-5-3-8-16(13)15(18)11-7-9-19-10-11/h7,9-10,12-14,17H,1-6,8H2. The summed E-state index contributed by atoms with van der Waals surface area (Å²) in [6.45, 7) is 0.803. The van der Waals surface area contributed by atoms with E-state index < -0.39 is 0 Å². The smallest absolute Gasteiger partial charge is 0.257 e. The zero-order chi connectivity index (χ0) is 13.2. The van der Waals surface area contributed by atoms with Crippen LogP contribution in [0.5, 0.6) is 0 Å². The number of amides is 1. The van der Waals surface area contributed by atoms with E-state index in [1.54, 1.807) is 6.07 Å². The van der Waals surface area contributed by atoms with E-state index in [1.807, 2.05) is 4.90 Å². The summed E-state index contributed by atoms with van der Waals surface area (Å²) in [6.07, 6.45) is 9.07. The molecule has 0 radical (unpaired) electrons. The molecule has 0 spiro atoms. The summed E-state index contributed by atoms with van der Waals surface area (Å²) >= 11 is 0. The van der Waals surface area contributed by atoms with E-state index in [9.17, 15) is 9.90 Å². The van der Waals surface area contributed by atoms with Crippen LogP contribution in [0, 0.1) is 5.92 Å². The number of hydrogen-bond donors (Lipinski definition) is 1. The number of aliphatic hydroxyl groups is 1. The summed E-state index contributed by atoms with van der Waals surface area (Å²) in [7, 11) is 0. The van der Waals surface area contributed by atoms with Gasteiger partial charge in [0.25, 0.3) is 5.91 Å². The van der Waals surface area contributed by atoms with Crippen LogP contribution in [0.25, 0.3) is 0 Å². The summed E-state index contributed by atoms with van der Waals surface area (Å²) in [6, 6.07) is 1.92. The van der Waals surface area contributed by atoms with E-state index in [0.717, 1.165) is 38.6 Å². The maximum Gasteiger partial charge on any atom is 0.257 e. The van der Waals surface area contributed by atoms with Gasteiger partial charge in [-0.3, -0.25) is 4.79 Å². The van der Waals surface area contributed by atoms with Crippen molar-refractivity contribution in [2.75, 3.05) is 6.54 Å². The second-order valence-corrected chi connectivity index (χ2v) is 5.74. The summed E-state index contributed by atoms with van der Waals surface area (Å²) in [5.41, 5.74) is 0.622. The number of carbonyl (C=O) groups is 1. The third kappa shape index (κ3) is 2.41. The van der Waals surface area contributed by atoms with Crippen LogP contribution in [-0.4, -0.2) is 34.6 Å². The van der Waals surface area contributed by atoms with Gasteiger partial charge in [-0.15, -0.1) is 0 Å². The van der Waals surface area contributed by atoms with Crippen LogP contribution < -0.4 is 0 Å². The highest BCUT2D eigenvalue weighted by atomic mass is 16.3. The molecular weight excluding hydrogens is 242 g/mol. The highest BCUT2D eigenvalue weighted by Crippen LogP contribution is 2.35. The predicted molar refractivity (Wildman–Crippen MR) is 70.7 cm³/mol. The van der Waals surface area contributed by atoms with Gasteiger partial charge in [-0.2, -0.15) is 0 Å². The maximum atomic E-state index is 12.5. The normalized spacial score (nSPS) is 31.6. The van der Waals surface area contributed by atoms with Gasteiger partial charge < -0.3 is 14.4 Å². The average molecular weight is 263 g/mol. The highest BCUT2D eigenvalue weighted by Gasteiger charge is 2.39. The number of carbonyl (C=O) groups excluding carboxylic acids is 1. The molecule has 1 amide bonds. The number of furan rings is 1. The topological polar surface area (TPSA) is 53.7 Å². The molecule has 2 heterocycles. The summed E-state index contributed by atoms with van der Waals surface area (Å²) < 4.78 is 5.00. The van der Waals surface area contributed by atoms with E-state index in [-0.39, 0.29) is 24.0 Å². The molecule has 1 saturated carbocycles. The van der Waals surface area contributed by atoms with Gasteiger partial charge in [0.1, 0.15) is 6.26 Å². The Morgan fingerprint density at radius 3 is 2.84 bits per heavy atom. The molecule has 0 bridgehead atoms. The highest BCUT2D eigenvalue weighted by molar-refractivity contribution is 5.94. The second kappa shape index (κ2) is 5.37. The molecular formula is C15H21NO3. The van der Waals surface area contributed by atoms with Crippen molar-refractivity contribution < 1.29 is 14.3 Å². The van der Waals surface area contributed by atoms with Crippen molar-refractivity contribution in [1.29, 1.82) is 0 Å². The molecule has 1 aromatic rings. The number of nitrogens with zero attached hydrogens (tertiary/aromatic N) is 1. The fourth-order valence-electron chi connectivity index (χ4n) is 3.63. The number of hydrogen-bond acceptors (Lipinski definition) is 3. The third-order valence-electron chi connectivity index (χ3n) is 4.60. The van der Waals surface area contributed by atoms with Crippen LogP contribution in [0.1, 0.15) is 48.9 Å². The Morgan fingerprint density at radius 2 is 2.11 bits per heavy atom. The van der Waals surface area contributed by atoms with Gasteiger partial charge in [-0.25, -0.2) is 0 Å². The van der Waals surface area contributed by atoms with Crippen LogP contribution in [0.2, 0.25) is 0 Å². The Balaban J connectivity index is 1.75. The fourth-order valence-corrected chi connectivity index (χ4v) is 3.63. The first-order chi connectivity index (χ1) is 9.27. The van der Waals surface area contributed by atoms with Gasteiger partial charge in [0.05, 0.1) is 17.9 Å². The minimum absolute atomic E-state index is 0.0500. The Morgan fingerprint density at radius 1 is 1.26 bits per heavy atom. The zero-order valence-electron chi connectivity index (χ0n) is 11.1. The monoisotopic (exact) mass is 263 g/mol. The van der Waals surface area contributed by atoms with Gasteiger partial charge in [0.15, 0.2) is 0 Å². The van der Waals surface area contributed by atoms with Crippen molar-refractivity contribution in [3.63, 3.8) is 0 Å². The van der Waals surface area contributed by atoms with E-state index in [1.165, 1.54) is 18.9 Å². The van der Waals surface area contributed by atoms with Crippen molar-refractivity contribution in [3.8, 4) is 0 Å². The second-order valence-electron chi connectivity index (χ2n) is 5.74. The molecule has 4 nitrogen and oxygen atoms in total. The minimum atomic E-state index is -0.239. The fraction of sp³-hybridized carbons (Fsp3) is 0.667. The molecule has 1 N–H and O–H groups in total. The van der Waals surface area contributed by atoms with Crippen molar-refractivity contribution in [3.05, 3.63) is 24.2 Å². The molecule has 104 valence electrons. The maximum absolute atomic E-state index is 12.5. The van der Waals surface area contributed by atoms with Crippen LogP contribution in [0.4, 0.5) is 0 Å². The summed E-state index contributed by atoms with van der Waals surface area (Å²) in [5.74, 6) is 0.307. The molecule has 2 fully saturated rings. The SMILES string of the molecule is O=C(c1ccoc1)N1CCCC1C1CCCCC1O. The van der Waals surface area contributed by atoms with Crippen LogP contribution >= 0.6 is 0 Å². The molecule has 0 aromatic carbocycles. The molecule has 3 atom stereocenters. The van der Waals surface area contributed by atoms with Crippen molar-refractivity contribution in [2.45, 2.75) is 50.7 Å². The lowest BCUT2D eigenvalue weighted by molar-refractivity contribution is 0.0211. The molecule has 3 unspecified atom stereocenters. The molecule has 4 heteroatoms. The van der Waals surface area contributed by atoms with Gasteiger partial charge in [-0.05, 0) is 31.7 Å². The molecule has 1 aliphatic heterocycles. The first-order valence-corrected chi connectivity index (χ1v) is 7.28. The van der Waals surface area contributed by atoms with Gasteiger partial charge >= 0.3 is 0 Å². The van der Waals surface area contributed by atoms with Gasteiger partial charge in [0.2, 0.25) is 0 Å². The van der Waals surface area contributed by atoms with Crippen molar-refractivity contribution >= 4 is 5.91 Å².